The molecule has 0 amide bonds. The highest BCUT2D eigenvalue weighted by Crippen LogP contribution is 2.31. The number of rotatable bonds is 4. The summed E-state index contributed by atoms with van der Waals surface area (Å²) in [6.45, 7) is 0. The van der Waals surface area contributed by atoms with Gasteiger partial charge in [0.05, 0.1) is 10.0 Å². The molecule has 3 N–H and O–H groups in total. The summed E-state index contributed by atoms with van der Waals surface area (Å²) in [6.07, 6.45) is 0. The Kier molecular flexibility index (Phi) is 4.40. The van der Waals surface area contributed by atoms with Crippen LogP contribution in [0.3, 0.4) is 0 Å². The molecule has 1 aromatic carbocycles. The molecule has 1 heterocycles. The number of thiophene rings is 1. The first-order chi connectivity index (χ1) is 9.87. The Hall–Kier alpha value is -1.77. The first-order valence-electron chi connectivity index (χ1n) is 5.69. The van der Waals surface area contributed by atoms with Gasteiger partial charge in [-0.25, -0.2) is 8.42 Å². The molecule has 0 aliphatic carbocycles. The molecule has 0 saturated carbocycles. The standard InChI is InChI=1S/C12H12ClN3O3S2/c1-16(21(18,19)11-7-6-10(13)20-11)9-5-3-2-4-8(9)12(14)15-17/h2-7,17H,1H3,(H2,14,15). The maximum Gasteiger partial charge on any atom is 0.273 e. The summed E-state index contributed by atoms with van der Waals surface area (Å²) in [7, 11) is -2.36. The first-order valence-corrected chi connectivity index (χ1v) is 8.32. The molecule has 0 aliphatic rings. The van der Waals surface area contributed by atoms with Gasteiger partial charge in [-0.1, -0.05) is 28.9 Å². The Balaban J connectivity index is 2.53. The maximum atomic E-state index is 12.5. The van der Waals surface area contributed by atoms with Crippen molar-refractivity contribution >= 4 is 44.5 Å². The second-order valence-corrected chi connectivity index (χ2v) is 7.94. The second-order valence-electron chi connectivity index (χ2n) is 4.03. The number of nitrogens with two attached hydrogens (primary N) is 1. The van der Waals surface area contributed by atoms with Crippen LogP contribution in [0.5, 0.6) is 0 Å². The molecule has 0 fully saturated rings. The molecule has 2 rings (SSSR count). The molecule has 0 atom stereocenters. The van der Waals surface area contributed by atoms with E-state index < -0.39 is 10.0 Å². The van der Waals surface area contributed by atoms with Crippen LogP contribution in [0, 0.1) is 0 Å². The average molecular weight is 346 g/mol. The molecule has 0 unspecified atom stereocenters. The van der Waals surface area contributed by atoms with Crippen molar-refractivity contribution in [3.05, 3.63) is 46.3 Å². The van der Waals surface area contributed by atoms with Gasteiger partial charge in [0, 0.05) is 12.6 Å². The van der Waals surface area contributed by atoms with Crippen LogP contribution in [0.1, 0.15) is 5.56 Å². The highest BCUT2D eigenvalue weighted by atomic mass is 35.5. The highest BCUT2D eigenvalue weighted by Gasteiger charge is 2.25. The maximum absolute atomic E-state index is 12.5. The molecule has 0 radical (unpaired) electrons. The van der Waals surface area contributed by atoms with Crippen LogP contribution in [0.4, 0.5) is 5.69 Å². The number of halogens is 1. The van der Waals surface area contributed by atoms with Crippen LogP contribution >= 0.6 is 22.9 Å². The summed E-state index contributed by atoms with van der Waals surface area (Å²) in [6, 6.07) is 9.42. The SMILES string of the molecule is CN(c1ccccc1/C(N)=N/O)S(=O)(=O)c1ccc(Cl)s1. The van der Waals surface area contributed by atoms with Crippen LogP contribution in [0.2, 0.25) is 4.34 Å². The zero-order valence-corrected chi connectivity index (χ0v) is 13.3. The van der Waals surface area contributed by atoms with Gasteiger partial charge >= 0.3 is 0 Å². The summed E-state index contributed by atoms with van der Waals surface area (Å²) in [5.41, 5.74) is 6.20. The monoisotopic (exact) mass is 345 g/mol. The van der Waals surface area contributed by atoms with E-state index in [0.717, 1.165) is 15.6 Å². The summed E-state index contributed by atoms with van der Waals surface area (Å²) in [4.78, 5) is 0. The van der Waals surface area contributed by atoms with E-state index in [-0.39, 0.29) is 10.0 Å². The van der Waals surface area contributed by atoms with Gasteiger partial charge in [-0.2, -0.15) is 0 Å². The fraction of sp³-hybridized carbons (Fsp3) is 0.0833. The number of hydrogen-bond donors (Lipinski definition) is 2. The van der Waals surface area contributed by atoms with Crippen LogP contribution in [0.25, 0.3) is 0 Å². The Labute approximate surface area is 131 Å². The lowest BCUT2D eigenvalue weighted by atomic mass is 10.1. The van der Waals surface area contributed by atoms with Crippen molar-refractivity contribution in [3.63, 3.8) is 0 Å². The number of amidine groups is 1. The van der Waals surface area contributed by atoms with Crippen molar-refractivity contribution in [2.75, 3.05) is 11.4 Å². The van der Waals surface area contributed by atoms with E-state index >= 15 is 0 Å². The fourth-order valence-electron chi connectivity index (χ4n) is 1.72. The lowest BCUT2D eigenvalue weighted by Crippen LogP contribution is -2.28. The molecule has 9 heteroatoms. The van der Waals surface area contributed by atoms with Crippen LogP contribution < -0.4 is 10.0 Å². The Morgan fingerprint density at radius 2 is 2.00 bits per heavy atom. The number of oxime groups is 1. The molecular formula is C12H12ClN3O3S2. The molecule has 0 spiro atoms. The number of sulfonamides is 1. The van der Waals surface area contributed by atoms with E-state index in [9.17, 15) is 8.42 Å². The van der Waals surface area contributed by atoms with Crippen LogP contribution in [-0.4, -0.2) is 26.5 Å². The number of benzene rings is 1. The van der Waals surface area contributed by atoms with Crippen LogP contribution in [-0.2, 0) is 10.0 Å². The lowest BCUT2D eigenvalue weighted by Gasteiger charge is -2.21. The normalized spacial score (nSPS) is 12.4. The van der Waals surface area contributed by atoms with Crippen molar-refractivity contribution in [1.29, 1.82) is 0 Å². The number of hydrogen-bond acceptors (Lipinski definition) is 5. The smallest absolute Gasteiger partial charge is 0.273 e. The minimum absolute atomic E-state index is 0.115. The third kappa shape index (κ3) is 2.97. The molecule has 0 bridgehead atoms. The largest absolute Gasteiger partial charge is 0.409 e. The molecule has 6 nitrogen and oxygen atoms in total. The van der Waals surface area contributed by atoms with Gasteiger partial charge in [0.15, 0.2) is 5.84 Å². The highest BCUT2D eigenvalue weighted by molar-refractivity contribution is 7.94. The minimum atomic E-state index is -3.76. The summed E-state index contributed by atoms with van der Waals surface area (Å²) >= 11 is 6.75. The van der Waals surface area contributed by atoms with E-state index in [0.29, 0.717) is 15.6 Å². The van der Waals surface area contributed by atoms with Crippen LogP contribution in [0.15, 0.2) is 45.8 Å². The van der Waals surface area contributed by atoms with Gasteiger partial charge in [-0.3, -0.25) is 4.31 Å². The Bertz CT molecular complexity index is 787. The molecular weight excluding hydrogens is 334 g/mol. The number of anilines is 1. The van der Waals surface area contributed by atoms with Crippen molar-refractivity contribution in [3.8, 4) is 0 Å². The molecule has 2 aromatic rings. The summed E-state index contributed by atoms with van der Waals surface area (Å²) in [5, 5.41) is 11.7. The number of para-hydroxylation sites is 1. The van der Waals surface area contributed by atoms with E-state index in [2.05, 4.69) is 5.16 Å². The zero-order chi connectivity index (χ0) is 15.6. The first kappa shape index (κ1) is 15.6. The van der Waals surface area contributed by atoms with Gasteiger partial charge in [0.1, 0.15) is 4.21 Å². The summed E-state index contributed by atoms with van der Waals surface area (Å²) < 4.78 is 26.7. The zero-order valence-electron chi connectivity index (χ0n) is 10.9. The minimum Gasteiger partial charge on any atom is -0.409 e. The predicted octanol–water partition coefficient (Wildman–Crippen LogP) is 2.32. The van der Waals surface area contributed by atoms with E-state index in [1.807, 2.05) is 0 Å². The van der Waals surface area contributed by atoms with Crippen molar-refractivity contribution in [2.24, 2.45) is 10.9 Å². The third-order valence-electron chi connectivity index (χ3n) is 2.79. The van der Waals surface area contributed by atoms with E-state index in [1.165, 1.54) is 19.2 Å². The molecule has 112 valence electrons. The van der Waals surface area contributed by atoms with Gasteiger partial charge in [0.2, 0.25) is 0 Å². The Morgan fingerprint density at radius 3 is 2.57 bits per heavy atom. The summed E-state index contributed by atoms with van der Waals surface area (Å²) in [5.74, 6) is -0.170. The molecule has 21 heavy (non-hydrogen) atoms. The van der Waals surface area contributed by atoms with Crippen molar-refractivity contribution < 1.29 is 13.6 Å². The van der Waals surface area contributed by atoms with Gasteiger partial charge in [0.25, 0.3) is 10.0 Å². The number of nitrogens with zero attached hydrogens (tertiary/aromatic N) is 2. The average Bonchev–Trinajstić information content (AvgIpc) is 2.93. The predicted molar refractivity (Wildman–Crippen MR) is 83.9 cm³/mol. The lowest BCUT2D eigenvalue weighted by molar-refractivity contribution is 0.318. The van der Waals surface area contributed by atoms with Gasteiger partial charge in [-0.15, -0.1) is 11.3 Å². The van der Waals surface area contributed by atoms with E-state index in [4.69, 9.17) is 22.5 Å². The topological polar surface area (TPSA) is 96.0 Å². The third-order valence-corrected chi connectivity index (χ3v) is 6.26. The fourth-order valence-corrected chi connectivity index (χ4v) is 4.59. The second kappa shape index (κ2) is 5.92. The molecule has 1 aromatic heterocycles. The van der Waals surface area contributed by atoms with E-state index in [1.54, 1.807) is 24.3 Å². The van der Waals surface area contributed by atoms with Gasteiger partial charge in [-0.05, 0) is 24.3 Å². The van der Waals surface area contributed by atoms with Crippen molar-refractivity contribution in [2.45, 2.75) is 4.21 Å². The molecule has 0 aliphatic heterocycles. The van der Waals surface area contributed by atoms with Crippen molar-refractivity contribution in [1.82, 2.24) is 0 Å². The quantitative estimate of drug-likeness (QED) is 0.384. The van der Waals surface area contributed by atoms with Gasteiger partial charge < -0.3 is 10.9 Å². The molecule has 0 saturated heterocycles. The Morgan fingerprint density at radius 1 is 1.33 bits per heavy atom.